The van der Waals surface area contributed by atoms with Crippen LogP contribution in [0.4, 0.5) is 0 Å². The van der Waals surface area contributed by atoms with E-state index in [1.807, 2.05) is 0 Å². The number of nitrogens with zero attached hydrogens (tertiary/aromatic N) is 1. The molecule has 0 fully saturated rings. The molecule has 0 bridgehead atoms. The van der Waals surface area contributed by atoms with Crippen LogP contribution in [0, 0.1) is 11.8 Å². The van der Waals surface area contributed by atoms with Crippen molar-refractivity contribution in [1.82, 2.24) is 4.90 Å². The van der Waals surface area contributed by atoms with Crippen molar-refractivity contribution in [3.05, 3.63) is 11.8 Å². The van der Waals surface area contributed by atoms with Crippen LogP contribution in [0.15, 0.2) is 11.8 Å². The Balaban J connectivity index is 5.01. The van der Waals surface area contributed by atoms with Gasteiger partial charge in [-0.3, -0.25) is 0 Å². The molecule has 0 aromatic heterocycles. The highest BCUT2D eigenvalue weighted by Gasteiger charge is 2.15. The van der Waals surface area contributed by atoms with Gasteiger partial charge in [0.2, 0.25) is 0 Å². The zero-order valence-corrected chi connectivity index (χ0v) is 18.6. The lowest BCUT2D eigenvalue weighted by molar-refractivity contribution is 0.237. The van der Waals surface area contributed by atoms with Crippen LogP contribution < -0.4 is 0 Å². The van der Waals surface area contributed by atoms with Gasteiger partial charge in [0.1, 0.15) is 0 Å². The molecular weight excluding hydrogens is 302 g/mol. The highest BCUT2D eigenvalue weighted by molar-refractivity contribution is 5.01. The van der Waals surface area contributed by atoms with Gasteiger partial charge in [0.05, 0.1) is 0 Å². The first-order valence-corrected chi connectivity index (χ1v) is 11.6. The van der Waals surface area contributed by atoms with Crippen LogP contribution in [0.3, 0.4) is 0 Å². The number of hydrogen-bond acceptors (Lipinski definition) is 1. The summed E-state index contributed by atoms with van der Waals surface area (Å²) in [5.41, 5.74) is 1.66. The second-order valence-electron chi connectivity index (χ2n) is 8.03. The third-order valence-electron chi connectivity index (χ3n) is 5.74. The SMILES string of the molecule is CCCC/C(=C/N(CC(CC)CCCC)CC(CC)CCCC)CC. The monoisotopic (exact) mass is 351 g/mol. The van der Waals surface area contributed by atoms with Crippen LogP contribution in [-0.4, -0.2) is 18.0 Å². The Morgan fingerprint density at radius 1 is 0.720 bits per heavy atom. The molecule has 0 aromatic carbocycles. The summed E-state index contributed by atoms with van der Waals surface area (Å²) in [5, 5.41) is 0. The third kappa shape index (κ3) is 12.5. The van der Waals surface area contributed by atoms with E-state index in [9.17, 15) is 0 Å². The van der Waals surface area contributed by atoms with Crippen LogP contribution >= 0.6 is 0 Å². The molecule has 2 atom stereocenters. The minimum Gasteiger partial charge on any atom is -0.377 e. The van der Waals surface area contributed by atoms with Crippen molar-refractivity contribution in [3.8, 4) is 0 Å². The standard InChI is InChI=1S/C24H49N/c1-7-13-16-22(10-4)19-25(20-23(11-5)17-14-8-2)21-24(12-6)18-15-9-3/h19,23-24H,7-18,20-21H2,1-6H3/b22-19+. The molecule has 1 heteroatoms. The van der Waals surface area contributed by atoms with Crippen LogP contribution in [-0.2, 0) is 0 Å². The van der Waals surface area contributed by atoms with Crippen molar-refractivity contribution < 1.29 is 0 Å². The zero-order valence-electron chi connectivity index (χ0n) is 18.6. The van der Waals surface area contributed by atoms with Gasteiger partial charge < -0.3 is 4.90 Å². The normalized spacial score (nSPS) is 14.6. The minimum absolute atomic E-state index is 0.865. The lowest BCUT2D eigenvalue weighted by atomic mass is 9.95. The molecule has 0 aliphatic heterocycles. The summed E-state index contributed by atoms with van der Waals surface area (Å²) in [6.45, 7) is 16.6. The first-order chi connectivity index (χ1) is 12.1. The van der Waals surface area contributed by atoms with E-state index < -0.39 is 0 Å². The van der Waals surface area contributed by atoms with Crippen LogP contribution in [0.25, 0.3) is 0 Å². The van der Waals surface area contributed by atoms with Crippen molar-refractivity contribution in [2.75, 3.05) is 13.1 Å². The molecule has 0 radical (unpaired) electrons. The molecule has 0 aliphatic rings. The van der Waals surface area contributed by atoms with Crippen LogP contribution in [0.5, 0.6) is 0 Å². The molecule has 25 heavy (non-hydrogen) atoms. The fraction of sp³-hybridized carbons (Fsp3) is 0.917. The van der Waals surface area contributed by atoms with Crippen molar-refractivity contribution in [3.63, 3.8) is 0 Å². The maximum Gasteiger partial charge on any atom is 0.0200 e. The van der Waals surface area contributed by atoms with Gasteiger partial charge in [-0.2, -0.15) is 0 Å². The van der Waals surface area contributed by atoms with Crippen molar-refractivity contribution in [2.24, 2.45) is 11.8 Å². The van der Waals surface area contributed by atoms with E-state index in [0.717, 1.165) is 11.8 Å². The van der Waals surface area contributed by atoms with Crippen molar-refractivity contribution in [1.29, 1.82) is 0 Å². The van der Waals surface area contributed by atoms with Gasteiger partial charge in [0.15, 0.2) is 0 Å². The number of rotatable bonds is 17. The molecule has 0 aliphatic carbocycles. The lowest BCUT2D eigenvalue weighted by Crippen LogP contribution is -2.30. The smallest absolute Gasteiger partial charge is 0.0200 e. The van der Waals surface area contributed by atoms with E-state index in [0.29, 0.717) is 0 Å². The molecule has 0 rings (SSSR count). The molecule has 0 saturated carbocycles. The largest absolute Gasteiger partial charge is 0.377 e. The molecule has 2 unspecified atom stereocenters. The fourth-order valence-corrected chi connectivity index (χ4v) is 3.67. The van der Waals surface area contributed by atoms with E-state index in [1.54, 1.807) is 5.57 Å². The van der Waals surface area contributed by atoms with Gasteiger partial charge >= 0.3 is 0 Å². The molecule has 0 spiro atoms. The topological polar surface area (TPSA) is 3.24 Å². The van der Waals surface area contributed by atoms with Crippen molar-refractivity contribution >= 4 is 0 Å². The van der Waals surface area contributed by atoms with Gasteiger partial charge in [-0.25, -0.2) is 0 Å². The lowest BCUT2D eigenvalue weighted by Gasteiger charge is -2.30. The zero-order chi connectivity index (χ0) is 18.9. The molecule has 0 heterocycles. The summed E-state index contributed by atoms with van der Waals surface area (Å²) in [6, 6.07) is 0. The van der Waals surface area contributed by atoms with E-state index in [-0.39, 0.29) is 0 Å². The second-order valence-corrected chi connectivity index (χ2v) is 8.03. The van der Waals surface area contributed by atoms with Gasteiger partial charge in [-0.1, -0.05) is 92.1 Å². The summed E-state index contributed by atoms with van der Waals surface area (Å²) in [7, 11) is 0. The average Bonchev–Trinajstić information content (AvgIpc) is 2.64. The molecule has 0 amide bonds. The molecular formula is C24H49N. The van der Waals surface area contributed by atoms with Crippen LogP contribution in [0.2, 0.25) is 0 Å². The quantitative estimate of drug-likeness (QED) is 0.255. The van der Waals surface area contributed by atoms with Gasteiger partial charge in [-0.05, 0) is 50.1 Å². The van der Waals surface area contributed by atoms with E-state index >= 15 is 0 Å². The highest BCUT2D eigenvalue weighted by atomic mass is 15.1. The Morgan fingerprint density at radius 2 is 1.20 bits per heavy atom. The maximum absolute atomic E-state index is 2.72. The third-order valence-corrected chi connectivity index (χ3v) is 5.74. The Bertz CT molecular complexity index is 289. The summed E-state index contributed by atoms with van der Waals surface area (Å²) >= 11 is 0. The minimum atomic E-state index is 0.865. The predicted octanol–water partition coefficient (Wildman–Crippen LogP) is 8.21. The Kier molecular flexibility index (Phi) is 16.7. The predicted molar refractivity (Wildman–Crippen MR) is 116 cm³/mol. The molecule has 1 nitrogen and oxygen atoms in total. The van der Waals surface area contributed by atoms with Gasteiger partial charge in [-0.15, -0.1) is 0 Å². The van der Waals surface area contributed by atoms with E-state index in [4.69, 9.17) is 0 Å². The summed E-state index contributed by atoms with van der Waals surface area (Å²) < 4.78 is 0. The average molecular weight is 352 g/mol. The molecule has 0 aromatic rings. The first-order valence-electron chi connectivity index (χ1n) is 11.6. The van der Waals surface area contributed by atoms with E-state index in [1.165, 1.54) is 90.1 Å². The van der Waals surface area contributed by atoms with Gasteiger partial charge in [0.25, 0.3) is 0 Å². The molecule has 150 valence electrons. The summed E-state index contributed by atoms with van der Waals surface area (Å²) in [6.07, 6.45) is 18.6. The second kappa shape index (κ2) is 17.0. The molecule has 0 N–H and O–H groups in total. The maximum atomic E-state index is 2.72. The van der Waals surface area contributed by atoms with Gasteiger partial charge in [0, 0.05) is 13.1 Å². The Labute approximate surface area is 160 Å². The molecule has 0 saturated heterocycles. The first kappa shape index (κ1) is 24.5. The number of allylic oxidation sites excluding steroid dienone is 1. The highest BCUT2D eigenvalue weighted by Crippen LogP contribution is 2.21. The van der Waals surface area contributed by atoms with Crippen molar-refractivity contribution in [2.45, 2.75) is 119 Å². The van der Waals surface area contributed by atoms with Crippen LogP contribution in [0.1, 0.15) is 119 Å². The summed E-state index contributed by atoms with van der Waals surface area (Å²) in [4.78, 5) is 2.72. The number of hydrogen-bond donors (Lipinski definition) is 0. The Morgan fingerprint density at radius 3 is 1.56 bits per heavy atom. The number of unbranched alkanes of at least 4 members (excludes halogenated alkanes) is 3. The Hall–Kier alpha value is -0.460. The fourth-order valence-electron chi connectivity index (χ4n) is 3.67. The van der Waals surface area contributed by atoms with E-state index in [2.05, 4.69) is 52.6 Å². The summed E-state index contributed by atoms with van der Waals surface area (Å²) in [5.74, 6) is 1.73.